The Morgan fingerprint density at radius 1 is 1.03 bits per heavy atom. The lowest BCUT2D eigenvalue weighted by Crippen LogP contribution is -2.59. The minimum Gasteiger partial charge on any atom is -0.480 e. The van der Waals surface area contributed by atoms with Gasteiger partial charge < -0.3 is 10.4 Å². The molecule has 0 bridgehead atoms. The molecule has 4 aliphatic rings. The summed E-state index contributed by atoms with van der Waals surface area (Å²) in [6, 6.07) is 0. The normalized spacial score (nSPS) is 42.4. The van der Waals surface area contributed by atoms with Gasteiger partial charge in [0, 0.05) is 17.1 Å². The zero-order valence-electron chi connectivity index (χ0n) is 22.5. The molecule has 1 amide bonds. The summed E-state index contributed by atoms with van der Waals surface area (Å²) in [4.78, 5) is 36.9. The third-order valence-electron chi connectivity index (χ3n) is 11.2. The lowest BCUT2D eigenvalue weighted by atomic mass is 9.42. The Balaban J connectivity index is 1.47. The van der Waals surface area contributed by atoms with Crippen LogP contribution in [0.4, 0.5) is 4.79 Å². The Kier molecular flexibility index (Phi) is 8.01. The number of carbonyl (C=O) groups excluding carboxylic acids is 2. The molecular formula is C29H47NO4S. The third kappa shape index (κ3) is 4.82. The van der Waals surface area contributed by atoms with Gasteiger partial charge in [-0.15, -0.1) is 0 Å². The first-order chi connectivity index (χ1) is 16.5. The van der Waals surface area contributed by atoms with Gasteiger partial charge in [-0.2, -0.15) is 0 Å². The standard InChI is InChI=1S/C29H47NO4S/c1-6-19-21-9-7-8-13-28(21,4)23-12-14-29(5)20(10-11-22(29)25(23)26(19)33)17(2)15-18(3)35-27(34)30-16-24(31)32/h17-23,25H,6-16H2,1-5H3,(H,30,34)(H,31,32). The first-order valence-corrected chi connectivity index (χ1v) is 15.1. The molecule has 0 saturated heterocycles. The molecule has 4 saturated carbocycles. The number of rotatable bonds is 7. The number of nitrogens with one attached hydrogen (secondary N) is 1. The summed E-state index contributed by atoms with van der Waals surface area (Å²) < 4.78 is 0. The second-order valence-corrected chi connectivity index (χ2v) is 14.3. The van der Waals surface area contributed by atoms with Crippen LogP contribution in [0.15, 0.2) is 0 Å². The highest BCUT2D eigenvalue weighted by atomic mass is 32.2. The highest BCUT2D eigenvalue weighted by molar-refractivity contribution is 8.14. The number of hydrogen-bond acceptors (Lipinski definition) is 4. The van der Waals surface area contributed by atoms with Crippen molar-refractivity contribution in [1.29, 1.82) is 0 Å². The van der Waals surface area contributed by atoms with Crippen LogP contribution in [0, 0.1) is 52.3 Å². The average Bonchev–Trinajstić information content (AvgIpc) is 3.15. The molecule has 0 aromatic heterocycles. The number of amides is 1. The van der Waals surface area contributed by atoms with Crippen LogP contribution in [0.1, 0.15) is 98.8 Å². The lowest BCUT2D eigenvalue weighted by molar-refractivity contribution is -0.168. The Bertz CT molecular complexity index is 831. The molecule has 0 aromatic carbocycles. The maximum Gasteiger partial charge on any atom is 0.323 e. The Labute approximate surface area is 216 Å². The lowest BCUT2D eigenvalue weighted by Gasteiger charge is -2.62. The second kappa shape index (κ2) is 10.4. The predicted octanol–water partition coefficient (Wildman–Crippen LogP) is 6.79. The average molecular weight is 506 g/mol. The van der Waals surface area contributed by atoms with Gasteiger partial charge in [0.1, 0.15) is 12.3 Å². The van der Waals surface area contributed by atoms with Crippen LogP contribution in [0.2, 0.25) is 0 Å². The zero-order chi connectivity index (χ0) is 25.5. The molecule has 6 heteroatoms. The molecule has 0 heterocycles. The molecule has 5 nitrogen and oxygen atoms in total. The smallest absolute Gasteiger partial charge is 0.323 e. The van der Waals surface area contributed by atoms with Gasteiger partial charge in [0.25, 0.3) is 5.24 Å². The molecule has 4 aliphatic carbocycles. The summed E-state index contributed by atoms with van der Waals surface area (Å²) in [6.45, 7) is 11.4. The fourth-order valence-corrected chi connectivity index (χ4v) is 10.7. The molecule has 4 fully saturated rings. The van der Waals surface area contributed by atoms with Crippen LogP contribution in [0.25, 0.3) is 0 Å². The summed E-state index contributed by atoms with van der Waals surface area (Å²) >= 11 is 1.22. The van der Waals surface area contributed by atoms with E-state index in [1.807, 2.05) is 0 Å². The summed E-state index contributed by atoms with van der Waals surface area (Å²) in [6.07, 6.45) is 12.0. The monoisotopic (exact) mass is 505 g/mol. The van der Waals surface area contributed by atoms with Gasteiger partial charge in [0.15, 0.2) is 0 Å². The third-order valence-corrected chi connectivity index (χ3v) is 12.2. The summed E-state index contributed by atoms with van der Waals surface area (Å²) in [7, 11) is 0. The van der Waals surface area contributed by atoms with E-state index < -0.39 is 5.97 Å². The van der Waals surface area contributed by atoms with E-state index in [0.717, 1.165) is 12.8 Å². The summed E-state index contributed by atoms with van der Waals surface area (Å²) in [5.74, 6) is 2.87. The zero-order valence-corrected chi connectivity index (χ0v) is 23.3. The molecule has 10 unspecified atom stereocenters. The first kappa shape index (κ1) is 27.0. The Morgan fingerprint density at radius 2 is 1.74 bits per heavy atom. The summed E-state index contributed by atoms with van der Waals surface area (Å²) in [5.41, 5.74) is 0.555. The van der Waals surface area contributed by atoms with Crippen molar-refractivity contribution in [3.63, 3.8) is 0 Å². The van der Waals surface area contributed by atoms with Crippen molar-refractivity contribution < 1.29 is 19.5 Å². The molecule has 0 aliphatic heterocycles. The SMILES string of the molecule is CCC1C(=O)C2C3CCC(C(C)CC(C)SC(=O)NCC(=O)O)C3(C)CCC2C2(C)CCCCC12. The fourth-order valence-electron chi connectivity index (χ4n) is 9.80. The summed E-state index contributed by atoms with van der Waals surface area (Å²) in [5, 5.41) is 11.1. The molecule has 0 spiro atoms. The van der Waals surface area contributed by atoms with Gasteiger partial charge in [-0.25, -0.2) is 0 Å². The van der Waals surface area contributed by atoms with Crippen molar-refractivity contribution in [1.82, 2.24) is 5.32 Å². The number of aliphatic carboxylic acids is 1. The molecule has 4 rings (SSSR count). The van der Waals surface area contributed by atoms with Gasteiger partial charge >= 0.3 is 5.97 Å². The molecule has 35 heavy (non-hydrogen) atoms. The molecule has 198 valence electrons. The van der Waals surface area contributed by atoms with Crippen LogP contribution in [-0.4, -0.2) is 33.9 Å². The second-order valence-electron chi connectivity index (χ2n) is 12.9. The Hall–Kier alpha value is -1.04. The van der Waals surface area contributed by atoms with E-state index in [2.05, 4.69) is 39.9 Å². The van der Waals surface area contributed by atoms with Crippen molar-refractivity contribution >= 4 is 28.8 Å². The predicted molar refractivity (Wildman–Crippen MR) is 141 cm³/mol. The van der Waals surface area contributed by atoms with Gasteiger partial charge in [-0.05, 0) is 91.8 Å². The van der Waals surface area contributed by atoms with Crippen molar-refractivity contribution in [2.24, 2.45) is 52.3 Å². The molecule has 10 atom stereocenters. The highest BCUT2D eigenvalue weighted by Gasteiger charge is 2.64. The number of carboxylic acids is 1. The van der Waals surface area contributed by atoms with Crippen molar-refractivity contribution in [3.8, 4) is 0 Å². The van der Waals surface area contributed by atoms with Crippen LogP contribution in [0.5, 0.6) is 0 Å². The van der Waals surface area contributed by atoms with Crippen LogP contribution >= 0.6 is 11.8 Å². The van der Waals surface area contributed by atoms with Crippen LogP contribution in [0.3, 0.4) is 0 Å². The van der Waals surface area contributed by atoms with E-state index in [1.54, 1.807) is 0 Å². The van der Waals surface area contributed by atoms with E-state index in [-0.39, 0.29) is 34.3 Å². The number of Topliss-reactive ketones (excluding diaryl/α,β-unsaturated/α-hetero) is 1. The number of carboxylic acid groups (broad SMARTS) is 1. The van der Waals surface area contributed by atoms with Crippen molar-refractivity contribution in [3.05, 3.63) is 0 Å². The molecule has 2 N–H and O–H groups in total. The van der Waals surface area contributed by atoms with E-state index in [0.29, 0.717) is 40.8 Å². The van der Waals surface area contributed by atoms with E-state index in [1.165, 1.54) is 63.1 Å². The van der Waals surface area contributed by atoms with E-state index in [9.17, 15) is 14.4 Å². The Morgan fingerprint density at radius 3 is 2.43 bits per heavy atom. The van der Waals surface area contributed by atoms with Crippen molar-refractivity contribution in [2.45, 2.75) is 104 Å². The topological polar surface area (TPSA) is 83.5 Å². The number of fused-ring (bicyclic) bond motifs is 5. The molecule has 0 radical (unpaired) electrons. The quantitative estimate of drug-likeness (QED) is 0.398. The fraction of sp³-hybridized carbons (Fsp3) is 0.897. The largest absolute Gasteiger partial charge is 0.480 e. The van der Waals surface area contributed by atoms with Gasteiger partial charge in [0.05, 0.1) is 0 Å². The van der Waals surface area contributed by atoms with Crippen LogP contribution < -0.4 is 5.32 Å². The van der Waals surface area contributed by atoms with Crippen molar-refractivity contribution in [2.75, 3.05) is 6.54 Å². The number of hydrogen-bond donors (Lipinski definition) is 2. The number of ketones is 1. The minimum absolute atomic E-state index is 0.139. The molecular weight excluding hydrogens is 458 g/mol. The highest BCUT2D eigenvalue weighted by Crippen LogP contribution is 2.68. The first-order valence-electron chi connectivity index (χ1n) is 14.2. The minimum atomic E-state index is -1.02. The number of carbonyl (C=O) groups is 3. The molecule has 0 aromatic rings. The maximum absolute atomic E-state index is 14.1. The maximum atomic E-state index is 14.1. The van der Waals surface area contributed by atoms with Crippen LogP contribution in [-0.2, 0) is 9.59 Å². The van der Waals surface area contributed by atoms with Gasteiger partial charge in [-0.3, -0.25) is 14.4 Å². The van der Waals surface area contributed by atoms with E-state index >= 15 is 0 Å². The van der Waals surface area contributed by atoms with E-state index in [4.69, 9.17) is 5.11 Å². The van der Waals surface area contributed by atoms with Gasteiger partial charge in [0.2, 0.25) is 0 Å². The van der Waals surface area contributed by atoms with Gasteiger partial charge in [-0.1, -0.05) is 59.2 Å². The number of thioether (sulfide) groups is 1.